The molecule has 0 unspecified atom stereocenters. The Bertz CT molecular complexity index is 822. The predicted molar refractivity (Wildman–Crippen MR) is 103 cm³/mol. The predicted octanol–water partition coefficient (Wildman–Crippen LogP) is 1.67. The average molecular weight is 413 g/mol. The first-order valence-electron chi connectivity index (χ1n) is 9.13. The molecule has 0 saturated carbocycles. The quantitative estimate of drug-likeness (QED) is 0.598. The third-order valence-electron chi connectivity index (χ3n) is 4.91. The summed E-state index contributed by atoms with van der Waals surface area (Å²) >= 11 is 0. The van der Waals surface area contributed by atoms with Gasteiger partial charge >= 0.3 is 5.97 Å². The summed E-state index contributed by atoms with van der Waals surface area (Å²) in [6.07, 6.45) is 1.07. The van der Waals surface area contributed by atoms with Crippen LogP contribution in [0.2, 0.25) is 0 Å². The summed E-state index contributed by atoms with van der Waals surface area (Å²) in [4.78, 5) is 26.7. The van der Waals surface area contributed by atoms with E-state index >= 15 is 0 Å². The van der Waals surface area contributed by atoms with Crippen molar-refractivity contribution in [1.82, 2.24) is 4.90 Å². The van der Waals surface area contributed by atoms with Crippen molar-refractivity contribution in [2.75, 3.05) is 32.3 Å². The fourth-order valence-electron chi connectivity index (χ4n) is 3.25. The number of sulfone groups is 1. The molecule has 28 heavy (non-hydrogen) atoms. The Morgan fingerprint density at radius 1 is 1.25 bits per heavy atom. The molecule has 1 aliphatic heterocycles. The van der Waals surface area contributed by atoms with E-state index in [1.165, 1.54) is 20.3 Å². The van der Waals surface area contributed by atoms with Crippen LogP contribution in [0.25, 0.3) is 0 Å². The van der Waals surface area contributed by atoms with Crippen molar-refractivity contribution < 1.29 is 32.2 Å². The molecule has 1 aromatic rings. The van der Waals surface area contributed by atoms with Crippen LogP contribution < -0.4 is 9.47 Å². The van der Waals surface area contributed by atoms with Crippen molar-refractivity contribution >= 4 is 21.7 Å². The summed E-state index contributed by atoms with van der Waals surface area (Å²) in [7, 11) is -0.219. The Hall–Kier alpha value is -2.29. The molecule has 0 bridgehead atoms. The number of amides is 1. The number of ether oxygens (including phenoxy) is 3. The lowest BCUT2D eigenvalue weighted by Crippen LogP contribution is -2.48. The van der Waals surface area contributed by atoms with Crippen LogP contribution in [-0.4, -0.2) is 69.6 Å². The molecule has 1 fully saturated rings. The van der Waals surface area contributed by atoms with E-state index in [0.29, 0.717) is 18.6 Å². The summed E-state index contributed by atoms with van der Waals surface area (Å²) in [5, 5.41) is 0. The van der Waals surface area contributed by atoms with Crippen LogP contribution >= 0.6 is 0 Å². The van der Waals surface area contributed by atoms with Gasteiger partial charge in [-0.1, -0.05) is 6.92 Å². The highest BCUT2D eigenvalue weighted by molar-refractivity contribution is 7.91. The van der Waals surface area contributed by atoms with Crippen LogP contribution in [0.4, 0.5) is 0 Å². The maximum absolute atomic E-state index is 12.7. The number of hydrogen-bond donors (Lipinski definition) is 0. The van der Waals surface area contributed by atoms with Gasteiger partial charge in [-0.15, -0.1) is 0 Å². The molecule has 2 atom stereocenters. The zero-order valence-electron chi connectivity index (χ0n) is 16.6. The van der Waals surface area contributed by atoms with E-state index in [2.05, 4.69) is 0 Å². The highest BCUT2D eigenvalue weighted by Crippen LogP contribution is 2.26. The molecular weight excluding hydrogens is 386 g/mol. The van der Waals surface area contributed by atoms with Gasteiger partial charge in [0.2, 0.25) is 0 Å². The number of methoxy groups -OCH3 is 2. The Morgan fingerprint density at radius 2 is 1.96 bits per heavy atom. The highest BCUT2D eigenvalue weighted by Gasteiger charge is 2.36. The summed E-state index contributed by atoms with van der Waals surface area (Å²) < 4.78 is 39.1. The maximum atomic E-state index is 12.7. The molecule has 1 saturated heterocycles. The minimum atomic E-state index is -3.14. The average Bonchev–Trinajstić information content (AvgIpc) is 3.04. The molecule has 0 N–H and O–H groups in total. The van der Waals surface area contributed by atoms with Gasteiger partial charge in [0.1, 0.15) is 17.1 Å². The standard InChI is InChI=1S/C19H27NO7S/c1-5-13(2)20(14-8-9-28(23,24)12-14)18(21)11-27-19(22)16-7-6-15(25-3)10-17(16)26-4/h6-7,10,13-14H,5,8-9,11-12H2,1-4H3/t13-,14-/m1/s1. The Kier molecular flexibility index (Phi) is 7.29. The molecule has 9 heteroatoms. The zero-order chi connectivity index (χ0) is 20.9. The fraction of sp³-hybridized carbons (Fsp3) is 0.579. The third-order valence-corrected chi connectivity index (χ3v) is 6.66. The number of rotatable bonds is 8. The van der Waals surface area contributed by atoms with E-state index < -0.39 is 28.3 Å². The zero-order valence-corrected chi connectivity index (χ0v) is 17.5. The van der Waals surface area contributed by atoms with Gasteiger partial charge in [0, 0.05) is 18.2 Å². The van der Waals surface area contributed by atoms with Crippen molar-refractivity contribution in [2.45, 2.75) is 38.8 Å². The number of hydrogen-bond acceptors (Lipinski definition) is 7. The molecular formula is C19H27NO7S. The van der Waals surface area contributed by atoms with E-state index in [-0.39, 0.29) is 34.9 Å². The fourth-order valence-corrected chi connectivity index (χ4v) is 4.96. The van der Waals surface area contributed by atoms with Crippen molar-refractivity contribution in [3.8, 4) is 11.5 Å². The first-order valence-corrected chi connectivity index (χ1v) is 10.9. The van der Waals surface area contributed by atoms with Crippen LogP contribution in [-0.2, 0) is 19.4 Å². The minimum absolute atomic E-state index is 0.0523. The summed E-state index contributed by atoms with van der Waals surface area (Å²) in [5.41, 5.74) is 0.176. The van der Waals surface area contributed by atoms with Crippen LogP contribution in [0.3, 0.4) is 0 Å². The lowest BCUT2D eigenvalue weighted by Gasteiger charge is -2.33. The molecule has 156 valence electrons. The second-order valence-corrected chi connectivity index (χ2v) is 8.99. The maximum Gasteiger partial charge on any atom is 0.342 e. The number of benzene rings is 1. The largest absolute Gasteiger partial charge is 0.497 e. The molecule has 2 rings (SSSR count). The first kappa shape index (κ1) is 22.0. The second-order valence-electron chi connectivity index (χ2n) is 6.76. The van der Waals surface area contributed by atoms with Gasteiger partial charge in [-0.3, -0.25) is 4.79 Å². The van der Waals surface area contributed by atoms with Gasteiger partial charge in [0.25, 0.3) is 5.91 Å². The van der Waals surface area contributed by atoms with E-state index in [4.69, 9.17) is 14.2 Å². The number of nitrogens with zero attached hydrogens (tertiary/aromatic N) is 1. The van der Waals surface area contributed by atoms with Crippen molar-refractivity contribution in [2.24, 2.45) is 0 Å². The van der Waals surface area contributed by atoms with E-state index in [0.717, 1.165) is 0 Å². The van der Waals surface area contributed by atoms with Crippen LogP contribution in [0.1, 0.15) is 37.0 Å². The second kappa shape index (κ2) is 9.27. The first-order chi connectivity index (χ1) is 13.2. The summed E-state index contributed by atoms with van der Waals surface area (Å²) in [6.45, 7) is 3.31. The van der Waals surface area contributed by atoms with Gasteiger partial charge in [-0.25, -0.2) is 13.2 Å². The highest BCUT2D eigenvalue weighted by atomic mass is 32.2. The monoisotopic (exact) mass is 413 g/mol. The third kappa shape index (κ3) is 5.15. The molecule has 1 heterocycles. The number of esters is 1. The smallest absolute Gasteiger partial charge is 0.342 e. The van der Waals surface area contributed by atoms with Gasteiger partial charge in [0.15, 0.2) is 16.4 Å². The van der Waals surface area contributed by atoms with Crippen molar-refractivity contribution in [3.05, 3.63) is 23.8 Å². The van der Waals surface area contributed by atoms with Gasteiger partial charge in [0.05, 0.1) is 25.7 Å². The lowest BCUT2D eigenvalue weighted by atomic mass is 10.1. The van der Waals surface area contributed by atoms with E-state index in [1.54, 1.807) is 17.0 Å². The molecule has 0 aromatic heterocycles. The number of carbonyl (C=O) groups excluding carboxylic acids is 2. The van der Waals surface area contributed by atoms with Crippen molar-refractivity contribution in [1.29, 1.82) is 0 Å². The van der Waals surface area contributed by atoms with Crippen LogP contribution in [0, 0.1) is 0 Å². The summed E-state index contributed by atoms with van der Waals surface area (Å²) in [5.74, 6) is -0.287. The van der Waals surface area contributed by atoms with Crippen LogP contribution in [0.15, 0.2) is 18.2 Å². The normalized spacial score (nSPS) is 18.9. The van der Waals surface area contributed by atoms with E-state index in [1.807, 2.05) is 13.8 Å². The molecule has 0 spiro atoms. The molecule has 1 amide bonds. The minimum Gasteiger partial charge on any atom is -0.497 e. The van der Waals surface area contributed by atoms with Gasteiger partial charge < -0.3 is 19.1 Å². The number of carbonyl (C=O) groups is 2. The Balaban J connectivity index is 2.09. The van der Waals surface area contributed by atoms with Crippen LogP contribution in [0.5, 0.6) is 11.5 Å². The van der Waals surface area contributed by atoms with Gasteiger partial charge in [-0.2, -0.15) is 0 Å². The molecule has 8 nitrogen and oxygen atoms in total. The SMILES string of the molecule is CC[C@@H](C)N(C(=O)COC(=O)c1ccc(OC)cc1OC)[C@@H]1CCS(=O)(=O)C1. The molecule has 0 aliphatic carbocycles. The van der Waals surface area contributed by atoms with Gasteiger partial charge in [-0.05, 0) is 31.9 Å². The Morgan fingerprint density at radius 3 is 2.50 bits per heavy atom. The topological polar surface area (TPSA) is 99.2 Å². The molecule has 0 radical (unpaired) electrons. The Labute approximate surface area is 165 Å². The molecule has 1 aliphatic rings. The van der Waals surface area contributed by atoms with E-state index in [9.17, 15) is 18.0 Å². The summed E-state index contributed by atoms with van der Waals surface area (Å²) in [6, 6.07) is 4.10. The molecule has 1 aromatic carbocycles. The van der Waals surface area contributed by atoms with Crippen molar-refractivity contribution in [3.63, 3.8) is 0 Å². The lowest BCUT2D eigenvalue weighted by molar-refractivity contribution is -0.138.